The van der Waals surface area contributed by atoms with Crippen LogP contribution in [0.25, 0.3) is 11.7 Å². The van der Waals surface area contributed by atoms with E-state index in [2.05, 4.69) is 5.32 Å². The van der Waals surface area contributed by atoms with Crippen LogP contribution in [0.1, 0.15) is 18.4 Å². The molecule has 2 aliphatic rings. The number of pyridine rings is 1. The molecule has 5 rings (SSSR count). The largest absolute Gasteiger partial charge is 0.497 e. The number of hydrogen-bond donors (Lipinski definition) is 1. The van der Waals surface area contributed by atoms with Gasteiger partial charge in [0.2, 0.25) is 0 Å². The Balaban J connectivity index is 1.50. The molecule has 184 valence electrons. The van der Waals surface area contributed by atoms with Crippen LogP contribution < -0.4 is 20.5 Å². The Kier molecular flexibility index (Phi) is 6.41. The maximum Gasteiger partial charge on any atom is 0.267 e. The molecule has 2 aromatic heterocycles. The number of hydrogen-bond acceptors (Lipinski definition) is 8. The van der Waals surface area contributed by atoms with Gasteiger partial charge in [0, 0.05) is 37.8 Å². The first-order valence-corrected chi connectivity index (χ1v) is 11.6. The van der Waals surface area contributed by atoms with E-state index in [0.29, 0.717) is 62.0 Å². The van der Waals surface area contributed by atoms with E-state index in [-0.39, 0.29) is 16.7 Å². The molecule has 2 aliphatic heterocycles. The van der Waals surface area contributed by atoms with Gasteiger partial charge in [-0.3, -0.25) is 14.0 Å². The van der Waals surface area contributed by atoms with E-state index in [4.69, 9.17) is 19.2 Å². The molecule has 10 nitrogen and oxygen atoms in total. The number of methoxy groups -OCH3 is 1. The summed E-state index contributed by atoms with van der Waals surface area (Å²) in [7, 11) is 1.55. The van der Waals surface area contributed by atoms with Crippen molar-refractivity contribution < 1.29 is 19.0 Å². The van der Waals surface area contributed by atoms with Gasteiger partial charge in [-0.25, -0.2) is 4.98 Å². The molecule has 10 heteroatoms. The number of benzene rings is 1. The molecular formula is C26H25N5O5. The molecule has 1 amide bonds. The number of amides is 1. The average Bonchev–Trinajstić information content (AvgIpc) is 3.37. The predicted octanol–water partition coefficient (Wildman–Crippen LogP) is 2.59. The Morgan fingerprint density at radius 2 is 1.89 bits per heavy atom. The number of nitrogens with zero attached hydrogens (tertiary/aromatic N) is 4. The number of anilines is 2. The van der Waals surface area contributed by atoms with E-state index in [0.717, 1.165) is 0 Å². The number of fused-ring (bicyclic) bond motifs is 1. The highest BCUT2D eigenvalue weighted by Gasteiger charge is 2.40. The standard InChI is InChI=1S/C26H25N5O5/c1-34-20-7-5-19(6-8-20)28-24(32)18(17-27)16-21-23(29-22-4-2-3-11-31(22)25(21)33)30-12-9-26(10-13-30)35-14-15-36-26/h2-8,11,16H,9-10,12-15H2,1H3,(H,28,32). The van der Waals surface area contributed by atoms with Crippen molar-refractivity contribution in [2.45, 2.75) is 18.6 Å². The summed E-state index contributed by atoms with van der Waals surface area (Å²) >= 11 is 0. The fourth-order valence-corrected chi connectivity index (χ4v) is 4.47. The highest BCUT2D eigenvalue weighted by Crippen LogP contribution is 2.33. The number of ether oxygens (including phenoxy) is 3. The van der Waals surface area contributed by atoms with Crippen molar-refractivity contribution in [3.05, 3.63) is 70.2 Å². The molecule has 1 aromatic carbocycles. The number of rotatable bonds is 5. The summed E-state index contributed by atoms with van der Waals surface area (Å²) in [6.45, 7) is 2.24. The van der Waals surface area contributed by atoms with Crippen molar-refractivity contribution in [1.29, 1.82) is 5.26 Å². The smallest absolute Gasteiger partial charge is 0.267 e. The molecule has 1 N–H and O–H groups in total. The summed E-state index contributed by atoms with van der Waals surface area (Å²) < 4.78 is 18.2. The van der Waals surface area contributed by atoms with E-state index >= 15 is 0 Å². The first-order valence-electron chi connectivity index (χ1n) is 11.6. The number of carbonyl (C=O) groups is 1. The number of carbonyl (C=O) groups excluding carboxylic acids is 1. The number of nitrogens with one attached hydrogen (secondary N) is 1. The molecule has 0 saturated carbocycles. The van der Waals surface area contributed by atoms with Gasteiger partial charge >= 0.3 is 0 Å². The van der Waals surface area contributed by atoms with Crippen LogP contribution in [-0.4, -0.2) is 54.5 Å². The predicted molar refractivity (Wildman–Crippen MR) is 133 cm³/mol. The summed E-state index contributed by atoms with van der Waals surface area (Å²) in [5.41, 5.74) is 0.564. The van der Waals surface area contributed by atoms with Crippen LogP contribution in [0.15, 0.2) is 59.0 Å². The van der Waals surface area contributed by atoms with Crippen LogP contribution in [-0.2, 0) is 14.3 Å². The van der Waals surface area contributed by atoms with Crippen LogP contribution in [0.2, 0.25) is 0 Å². The Morgan fingerprint density at radius 3 is 2.56 bits per heavy atom. The first kappa shape index (κ1) is 23.5. The Hall–Kier alpha value is -4.20. The molecule has 0 atom stereocenters. The Morgan fingerprint density at radius 1 is 1.17 bits per heavy atom. The van der Waals surface area contributed by atoms with Crippen molar-refractivity contribution in [2.75, 3.05) is 43.6 Å². The van der Waals surface area contributed by atoms with Gasteiger partial charge in [0.25, 0.3) is 11.5 Å². The lowest BCUT2D eigenvalue weighted by atomic mass is 10.0. The van der Waals surface area contributed by atoms with Crippen LogP contribution in [0.4, 0.5) is 11.5 Å². The Bertz CT molecular complexity index is 1410. The van der Waals surface area contributed by atoms with Crippen molar-refractivity contribution >= 4 is 29.1 Å². The monoisotopic (exact) mass is 487 g/mol. The van der Waals surface area contributed by atoms with Crippen molar-refractivity contribution in [3.8, 4) is 11.8 Å². The third kappa shape index (κ3) is 4.54. The lowest BCUT2D eigenvalue weighted by Crippen LogP contribution is -2.46. The highest BCUT2D eigenvalue weighted by atomic mass is 16.7. The molecule has 2 fully saturated rings. The zero-order chi connectivity index (χ0) is 25.1. The van der Waals surface area contributed by atoms with Gasteiger partial charge in [0.1, 0.15) is 28.9 Å². The summed E-state index contributed by atoms with van der Waals surface area (Å²) in [5.74, 6) is -0.157. The van der Waals surface area contributed by atoms with E-state index in [9.17, 15) is 14.9 Å². The fraction of sp³-hybridized carbons (Fsp3) is 0.308. The van der Waals surface area contributed by atoms with Crippen molar-refractivity contribution in [3.63, 3.8) is 0 Å². The number of nitriles is 1. The van der Waals surface area contributed by atoms with E-state index in [1.807, 2.05) is 11.0 Å². The minimum atomic E-state index is -0.628. The molecule has 36 heavy (non-hydrogen) atoms. The number of piperidine rings is 1. The van der Waals surface area contributed by atoms with Gasteiger partial charge in [0.15, 0.2) is 5.79 Å². The topological polar surface area (TPSA) is 118 Å². The zero-order valence-corrected chi connectivity index (χ0v) is 19.8. The van der Waals surface area contributed by atoms with Crippen molar-refractivity contribution in [1.82, 2.24) is 9.38 Å². The van der Waals surface area contributed by atoms with Gasteiger partial charge in [-0.2, -0.15) is 5.26 Å². The second-order valence-corrected chi connectivity index (χ2v) is 8.53. The SMILES string of the molecule is COc1ccc(NC(=O)C(C#N)=Cc2c(N3CCC4(CC3)OCCO4)nc3ccccn3c2=O)cc1. The second kappa shape index (κ2) is 9.81. The summed E-state index contributed by atoms with van der Waals surface area (Å²) in [5, 5.41) is 12.5. The van der Waals surface area contributed by atoms with Crippen molar-refractivity contribution in [2.24, 2.45) is 0 Å². The molecule has 4 heterocycles. The third-order valence-electron chi connectivity index (χ3n) is 6.39. The highest BCUT2D eigenvalue weighted by molar-refractivity contribution is 6.10. The lowest BCUT2D eigenvalue weighted by Gasteiger charge is -2.38. The molecular weight excluding hydrogens is 462 g/mol. The molecule has 2 saturated heterocycles. The minimum Gasteiger partial charge on any atom is -0.497 e. The molecule has 0 radical (unpaired) electrons. The molecule has 1 spiro atoms. The first-order chi connectivity index (χ1) is 17.5. The van der Waals surface area contributed by atoms with Crippen LogP contribution in [0.3, 0.4) is 0 Å². The molecule has 3 aromatic rings. The zero-order valence-electron chi connectivity index (χ0n) is 19.8. The Labute approximate surface area is 207 Å². The van der Waals surface area contributed by atoms with E-state index in [1.54, 1.807) is 55.8 Å². The minimum absolute atomic E-state index is 0.171. The van der Waals surface area contributed by atoms with E-state index in [1.165, 1.54) is 10.5 Å². The van der Waals surface area contributed by atoms with Gasteiger partial charge in [-0.15, -0.1) is 0 Å². The molecule has 0 unspecified atom stereocenters. The van der Waals surface area contributed by atoms with Crippen LogP contribution in [0, 0.1) is 11.3 Å². The van der Waals surface area contributed by atoms with Crippen LogP contribution in [0.5, 0.6) is 5.75 Å². The van der Waals surface area contributed by atoms with Gasteiger partial charge in [-0.1, -0.05) is 6.07 Å². The number of aromatic nitrogens is 2. The maximum atomic E-state index is 13.5. The average molecular weight is 488 g/mol. The van der Waals surface area contributed by atoms with Gasteiger partial charge in [0.05, 0.1) is 25.9 Å². The molecule has 0 bridgehead atoms. The third-order valence-corrected chi connectivity index (χ3v) is 6.39. The van der Waals surface area contributed by atoms with Gasteiger partial charge < -0.3 is 24.4 Å². The molecule has 0 aliphatic carbocycles. The van der Waals surface area contributed by atoms with Gasteiger partial charge in [-0.05, 0) is 42.5 Å². The summed E-state index contributed by atoms with van der Waals surface area (Å²) in [6.07, 6.45) is 4.17. The lowest BCUT2D eigenvalue weighted by molar-refractivity contribution is -0.169. The van der Waals surface area contributed by atoms with E-state index < -0.39 is 11.7 Å². The second-order valence-electron chi connectivity index (χ2n) is 8.53. The van der Waals surface area contributed by atoms with Crippen LogP contribution >= 0.6 is 0 Å². The summed E-state index contributed by atoms with van der Waals surface area (Å²) in [6, 6.07) is 13.9. The quantitative estimate of drug-likeness (QED) is 0.431. The maximum absolute atomic E-state index is 13.5. The summed E-state index contributed by atoms with van der Waals surface area (Å²) in [4.78, 5) is 33.1. The normalized spacial score (nSPS) is 17.2. The fourth-order valence-electron chi connectivity index (χ4n) is 4.47.